The van der Waals surface area contributed by atoms with Gasteiger partial charge in [0.15, 0.2) is 0 Å². The van der Waals surface area contributed by atoms with Crippen molar-refractivity contribution in [1.82, 2.24) is 4.98 Å². The van der Waals surface area contributed by atoms with Gasteiger partial charge in [-0.2, -0.15) is 0 Å². The number of nitrogens with zero attached hydrogens (tertiary/aromatic N) is 1. The summed E-state index contributed by atoms with van der Waals surface area (Å²) in [5.74, 6) is 0.594. The molecule has 1 rings (SSSR count). The average molecular weight is 200 g/mol. The topological polar surface area (TPSA) is 33.1 Å². The summed E-state index contributed by atoms with van der Waals surface area (Å²) in [5, 5.41) is 9.68. The van der Waals surface area contributed by atoms with Gasteiger partial charge in [0, 0.05) is 18.3 Å². The molecule has 13 heavy (non-hydrogen) atoms. The Morgan fingerprint density at radius 1 is 1.54 bits per heavy atom. The fourth-order valence-electron chi connectivity index (χ4n) is 1.20. The number of hydrogen-bond acceptors (Lipinski definition) is 2. The first kappa shape index (κ1) is 10.5. The second-order valence-corrected chi connectivity index (χ2v) is 3.52. The fourth-order valence-corrected chi connectivity index (χ4v) is 1.35. The number of alkyl halides is 1. The molecule has 1 atom stereocenters. The van der Waals surface area contributed by atoms with Crippen molar-refractivity contribution in [1.29, 1.82) is 0 Å². The summed E-state index contributed by atoms with van der Waals surface area (Å²) in [4.78, 5) is 4.02. The molecule has 0 saturated carbocycles. The van der Waals surface area contributed by atoms with Crippen LogP contribution in [0.25, 0.3) is 0 Å². The van der Waals surface area contributed by atoms with E-state index in [9.17, 15) is 5.11 Å². The molecular weight excluding hydrogens is 186 g/mol. The molecule has 1 aromatic rings. The third-order valence-corrected chi connectivity index (χ3v) is 2.16. The fraction of sp³-hybridized carbons (Fsp3) is 0.500. The Kier molecular flexibility index (Phi) is 4.19. The smallest absolute Gasteiger partial charge is 0.0805 e. The van der Waals surface area contributed by atoms with Gasteiger partial charge in [0.05, 0.1) is 6.10 Å². The second-order valence-electron chi connectivity index (χ2n) is 3.14. The van der Waals surface area contributed by atoms with Gasteiger partial charge in [0.2, 0.25) is 0 Å². The lowest BCUT2D eigenvalue weighted by atomic mass is 10.1. The van der Waals surface area contributed by atoms with E-state index in [1.54, 1.807) is 12.4 Å². The van der Waals surface area contributed by atoms with E-state index in [1.807, 2.05) is 13.0 Å². The van der Waals surface area contributed by atoms with Gasteiger partial charge in [0.1, 0.15) is 0 Å². The van der Waals surface area contributed by atoms with E-state index in [4.69, 9.17) is 11.6 Å². The predicted octanol–water partition coefficient (Wildman–Crippen LogP) is 2.44. The van der Waals surface area contributed by atoms with E-state index >= 15 is 0 Å². The number of aryl methyl sites for hydroxylation is 1. The highest BCUT2D eigenvalue weighted by atomic mass is 35.5. The first-order valence-electron chi connectivity index (χ1n) is 4.39. The van der Waals surface area contributed by atoms with Crippen LogP contribution in [0.15, 0.2) is 18.5 Å². The summed E-state index contributed by atoms with van der Waals surface area (Å²) in [6, 6.07) is 1.95. The van der Waals surface area contributed by atoms with Gasteiger partial charge in [-0.1, -0.05) is 6.07 Å². The third-order valence-electron chi connectivity index (χ3n) is 1.89. The summed E-state index contributed by atoms with van der Waals surface area (Å²) >= 11 is 5.54. The van der Waals surface area contributed by atoms with Crippen LogP contribution in [-0.4, -0.2) is 16.0 Å². The van der Waals surface area contributed by atoms with E-state index in [1.165, 1.54) is 0 Å². The molecular formula is C10H14ClNO. The highest BCUT2D eigenvalue weighted by molar-refractivity contribution is 6.17. The molecule has 0 spiro atoms. The van der Waals surface area contributed by atoms with Crippen molar-refractivity contribution in [3.8, 4) is 0 Å². The van der Waals surface area contributed by atoms with Crippen molar-refractivity contribution in [2.45, 2.75) is 25.9 Å². The zero-order valence-corrected chi connectivity index (χ0v) is 8.46. The van der Waals surface area contributed by atoms with Crippen molar-refractivity contribution in [2.24, 2.45) is 0 Å². The van der Waals surface area contributed by atoms with Crippen molar-refractivity contribution in [3.63, 3.8) is 0 Å². The predicted molar refractivity (Wildman–Crippen MR) is 53.9 cm³/mol. The standard InChI is InChI=1S/C10H14ClNO/c1-8-5-9(7-12-6-8)10(13)3-2-4-11/h5-7,10,13H,2-4H2,1H3. The maximum Gasteiger partial charge on any atom is 0.0805 e. The lowest BCUT2D eigenvalue weighted by molar-refractivity contribution is 0.166. The molecule has 72 valence electrons. The van der Waals surface area contributed by atoms with Gasteiger partial charge in [-0.15, -0.1) is 11.6 Å². The molecule has 1 aromatic heterocycles. The van der Waals surface area contributed by atoms with Crippen molar-refractivity contribution in [2.75, 3.05) is 5.88 Å². The van der Waals surface area contributed by atoms with Crippen LogP contribution in [0, 0.1) is 6.92 Å². The summed E-state index contributed by atoms with van der Waals surface area (Å²) < 4.78 is 0. The number of aliphatic hydroxyl groups is 1. The molecule has 0 fully saturated rings. The Balaban J connectivity index is 2.60. The van der Waals surface area contributed by atoms with Gasteiger partial charge in [-0.25, -0.2) is 0 Å². The maximum atomic E-state index is 9.68. The Labute approximate surface area is 83.6 Å². The Bertz CT molecular complexity index is 265. The van der Waals surface area contributed by atoms with Crippen LogP contribution in [0.2, 0.25) is 0 Å². The molecule has 3 heteroatoms. The zero-order valence-electron chi connectivity index (χ0n) is 7.70. The molecule has 0 aliphatic heterocycles. The molecule has 1 unspecified atom stereocenters. The molecule has 1 N–H and O–H groups in total. The highest BCUT2D eigenvalue weighted by Crippen LogP contribution is 2.18. The number of pyridine rings is 1. The van der Waals surface area contributed by atoms with Gasteiger partial charge in [0.25, 0.3) is 0 Å². The molecule has 0 radical (unpaired) electrons. The quantitative estimate of drug-likeness (QED) is 0.756. The number of aromatic nitrogens is 1. The van der Waals surface area contributed by atoms with E-state index < -0.39 is 6.10 Å². The van der Waals surface area contributed by atoms with Crippen LogP contribution in [0.1, 0.15) is 30.1 Å². The molecule has 0 aromatic carbocycles. The van der Waals surface area contributed by atoms with Crippen LogP contribution >= 0.6 is 11.6 Å². The molecule has 1 heterocycles. The SMILES string of the molecule is Cc1cncc(C(O)CCCCl)c1. The summed E-state index contributed by atoms with van der Waals surface area (Å²) in [6.45, 7) is 1.96. The first-order valence-corrected chi connectivity index (χ1v) is 4.93. The maximum absolute atomic E-state index is 9.68. The largest absolute Gasteiger partial charge is 0.388 e. The average Bonchev–Trinajstić information content (AvgIpc) is 2.14. The van der Waals surface area contributed by atoms with Crippen molar-refractivity contribution < 1.29 is 5.11 Å². The number of aliphatic hydroxyl groups excluding tert-OH is 1. The number of hydrogen-bond donors (Lipinski definition) is 1. The van der Waals surface area contributed by atoms with Gasteiger partial charge in [-0.05, 0) is 30.9 Å². The molecule has 0 amide bonds. The molecule has 0 aliphatic carbocycles. The summed E-state index contributed by atoms with van der Waals surface area (Å²) in [6.07, 6.45) is 4.58. The Hall–Kier alpha value is -0.600. The van der Waals surface area contributed by atoms with E-state index in [-0.39, 0.29) is 0 Å². The number of halogens is 1. The lowest BCUT2D eigenvalue weighted by Gasteiger charge is -2.09. The lowest BCUT2D eigenvalue weighted by Crippen LogP contribution is -1.98. The van der Waals surface area contributed by atoms with Crippen molar-refractivity contribution in [3.05, 3.63) is 29.6 Å². The molecule has 2 nitrogen and oxygen atoms in total. The molecule has 0 bridgehead atoms. The first-order chi connectivity index (χ1) is 6.24. The monoisotopic (exact) mass is 199 g/mol. The van der Waals surface area contributed by atoms with E-state index in [0.29, 0.717) is 12.3 Å². The minimum Gasteiger partial charge on any atom is -0.388 e. The minimum atomic E-state index is -0.425. The normalized spacial score (nSPS) is 12.8. The van der Waals surface area contributed by atoms with Crippen LogP contribution in [0.5, 0.6) is 0 Å². The van der Waals surface area contributed by atoms with E-state index in [0.717, 1.165) is 17.5 Å². The Morgan fingerprint density at radius 2 is 2.31 bits per heavy atom. The van der Waals surface area contributed by atoms with Crippen molar-refractivity contribution >= 4 is 11.6 Å². The van der Waals surface area contributed by atoms with Crippen LogP contribution < -0.4 is 0 Å². The summed E-state index contributed by atoms with van der Waals surface area (Å²) in [5.41, 5.74) is 1.95. The Morgan fingerprint density at radius 3 is 2.92 bits per heavy atom. The summed E-state index contributed by atoms with van der Waals surface area (Å²) in [7, 11) is 0. The van der Waals surface area contributed by atoms with Gasteiger partial charge in [-0.3, -0.25) is 4.98 Å². The van der Waals surface area contributed by atoms with Crippen LogP contribution in [0.4, 0.5) is 0 Å². The van der Waals surface area contributed by atoms with Crippen LogP contribution in [-0.2, 0) is 0 Å². The number of rotatable bonds is 4. The van der Waals surface area contributed by atoms with Gasteiger partial charge >= 0.3 is 0 Å². The highest BCUT2D eigenvalue weighted by Gasteiger charge is 2.06. The van der Waals surface area contributed by atoms with Crippen LogP contribution in [0.3, 0.4) is 0 Å². The second kappa shape index (κ2) is 5.20. The zero-order chi connectivity index (χ0) is 9.68. The van der Waals surface area contributed by atoms with E-state index in [2.05, 4.69) is 4.98 Å². The minimum absolute atomic E-state index is 0.425. The third kappa shape index (κ3) is 3.33. The molecule has 0 aliphatic rings. The van der Waals surface area contributed by atoms with Gasteiger partial charge < -0.3 is 5.11 Å². The molecule has 0 saturated heterocycles.